The molecule has 1 aromatic heterocycles. The van der Waals surface area contributed by atoms with E-state index < -0.39 is 0 Å². The fourth-order valence-corrected chi connectivity index (χ4v) is 2.67. The van der Waals surface area contributed by atoms with Crippen LogP contribution in [0.2, 0.25) is 0 Å². The smallest absolute Gasteiger partial charge is 0.0708 e. The summed E-state index contributed by atoms with van der Waals surface area (Å²) in [4.78, 5) is 4.78. The van der Waals surface area contributed by atoms with Crippen molar-refractivity contribution in [1.29, 1.82) is 0 Å². The van der Waals surface area contributed by atoms with Crippen molar-refractivity contribution in [2.45, 2.75) is 32.1 Å². The van der Waals surface area contributed by atoms with Crippen LogP contribution in [0.4, 0.5) is 0 Å². The minimum atomic E-state index is 0.715. The molecule has 0 bridgehead atoms. The Morgan fingerprint density at radius 2 is 2.06 bits per heavy atom. The van der Waals surface area contributed by atoms with Gasteiger partial charge < -0.3 is 0 Å². The van der Waals surface area contributed by atoms with Crippen molar-refractivity contribution >= 4 is 26.8 Å². The Kier molecular flexibility index (Phi) is 2.47. The first kappa shape index (κ1) is 10.3. The Labute approximate surface area is 104 Å². The van der Waals surface area contributed by atoms with E-state index in [4.69, 9.17) is 4.98 Å². The topological polar surface area (TPSA) is 12.9 Å². The largest absolute Gasteiger partial charge is 0.253 e. The number of aryl methyl sites for hydroxylation is 1. The number of halogens is 1. The van der Waals surface area contributed by atoms with Gasteiger partial charge in [-0.1, -0.05) is 22.4 Å². The average Bonchev–Trinajstić information content (AvgIpc) is 2.17. The Balaban J connectivity index is 2.17. The van der Waals surface area contributed by atoms with Gasteiger partial charge in [0, 0.05) is 21.5 Å². The van der Waals surface area contributed by atoms with Gasteiger partial charge in [-0.05, 0) is 49.6 Å². The first-order valence-corrected chi connectivity index (χ1v) is 6.60. The molecule has 0 aliphatic heterocycles. The first-order chi connectivity index (χ1) is 7.74. The number of aromatic nitrogens is 1. The summed E-state index contributed by atoms with van der Waals surface area (Å²) in [5.41, 5.74) is 3.76. The summed E-state index contributed by atoms with van der Waals surface area (Å²) in [5, 5.41) is 1.26. The van der Waals surface area contributed by atoms with Gasteiger partial charge in [-0.2, -0.15) is 0 Å². The maximum Gasteiger partial charge on any atom is 0.0708 e. The van der Waals surface area contributed by atoms with Gasteiger partial charge in [-0.15, -0.1) is 0 Å². The third-order valence-corrected chi connectivity index (χ3v) is 4.01. The second-order valence-corrected chi connectivity index (χ2v) is 5.57. The molecule has 1 heterocycles. The van der Waals surface area contributed by atoms with Crippen LogP contribution < -0.4 is 0 Å². The molecule has 16 heavy (non-hydrogen) atoms. The van der Waals surface area contributed by atoms with Crippen molar-refractivity contribution in [3.05, 3.63) is 40.0 Å². The minimum Gasteiger partial charge on any atom is -0.253 e. The highest BCUT2D eigenvalue weighted by molar-refractivity contribution is 9.10. The molecule has 1 aromatic carbocycles. The van der Waals surface area contributed by atoms with Crippen LogP contribution in [-0.2, 0) is 0 Å². The molecule has 2 heteroatoms. The molecule has 0 spiro atoms. The van der Waals surface area contributed by atoms with Crippen molar-refractivity contribution in [3.63, 3.8) is 0 Å². The van der Waals surface area contributed by atoms with Crippen LogP contribution in [0.3, 0.4) is 0 Å². The molecule has 0 radical (unpaired) electrons. The molecule has 1 fully saturated rings. The minimum absolute atomic E-state index is 0.715. The lowest BCUT2D eigenvalue weighted by Crippen LogP contribution is -2.10. The molecule has 3 rings (SSSR count). The summed E-state index contributed by atoms with van der Waals surface area (Å²) in [6, 6.07) is 8.59. The van der Waals surface area contributed by atoms with Gasteiger partial charge in [0.15, 0.2) is 0 Å². The number of nitrogens with zero attached hydrogens (tertiary/aromatic N) is 1. The van der Waals surface area contributed by atoms with Crippen LogP contribution in [0.15, 0.2) is 28.7 Å². The standard InChI is InChI=1S/C14H14BrN/c1-9-7-14(10-3-2-4-10)16-13-6-5-11(15)8-12(9)13/h5-8,10H,2-4H2,1H3. The van der Waals surface area contributed by atoms with Gasteiger partial charge in [0.1, 0.15) is 0 Å². The predicted octanol–water partition coefficient (Wildman–Crippen LogP) is 4.57. The quantitative estimate of drug-likeness (QED) is 0.743. The van der Waals surface area contributed by atoms with E-state index in [1.165, 1.54) is 35.9 Å². The maximum absolute atomic E-state index is 4.78. The maximum atomic E-state index is 4.78. The summed E-state index contributed by atoms with van der Waals surface area (Å²) in [7, 11) is 0. The van der Waals surface area contributed by atoms with Crippen LogP contribution in [0.1, 0.15) is 36.4 Å². The Morgan fingerprint density at radius 1 is 1.25 bits per heavy atom. The molecular weight excluding hydrogens is 262 g/mol. The van der Waals surface area contributed by atoms with Crippen molar-refractivity contribution in [1.82, 2.24) is 4.98 Å². The molecule has 1 aliphatic rings. The molecular formula is C14H14BrN. The van der Waals surface area contributed by atoms with Crippen LogP contribution in [0.25, 0.3) is 10.9 Å². The molecule has 0 saturated heterocycles. The van der Waals surface area contributed by atoms with Gasteiger partial charge in [0.2, 0.25) is 0 Å². The molecule has 0 atom stereocenters. The molecule has 82 valence electrons. The van der Waals surface area contributed by atoms with E-state index in [2.05, 4.69) is 47.1 Å². The lowest BCUT2D eigenvalue weighted by Gasteiger charge is -2.25. The summed E-state index contributed by atoms with van der Waals surface area (Å²) >= 11 is 3.51. The number of hydrogen-bond donors (Lipinski definition) is 0. The molecule has 2 aromatic rings. The number of benzene rings is 1. The van der Waals surface area contributed by atoms with E-state index in [1.807, 2.05) is 0 Å². The number of pyridine rings is 1. The van der Waals surface area contributed by atoms with E-state index in [9.17, 15) is 0 Å². The number of rotatable bonds is 1. The zero-order chi connectivity index (χ0) is 11.1. The Bertz CT molecular complexity index is 544. The molecule has 1 aliphatic carbocycles. The van der Waals surface area contributed by atoms with E-state index in [1.54, 1.807) is 0 Å². The second-order valence-electron chi connectivity index (χ2n) is 4.65. The summed E-state index contributed by atoms with van der Waals surface area (Å²) in [6.07, 6.45) is 3.99. The zero-order valence-corrected chi connectivity index (χ0v) is 10.9. The Morgan fingerprint density at radius 3 is 2.75 bits per heavy atom. The van der Waals surface area contributed by atoms with Crippen molar-refractivity contribution in [2.24, 2.45) is 0 Å². The van der Waals surface area contributed by atoms with Gasteiger partial charge in [0.05, 0.1) is 5.52 Å². The molecule has 0 unspecified atom stereocenters. The lowest BCUT2D eigenvalue weighted by molar-refractivity contribution is 0.412. The van der Waals surface area contributed by atoms with Gasteiger partial charge in [0.25, 0.3) is 0 Å². The number of fused-ring (bicyclic) bond motifs is 1. The summed E-state index contributed by atoms with van der Waals surface area (Å²) < 4.78 is 1.13. The molecule has 1 saturated carbocycles. The highest BCUT2D eigenvalue weighted by atomic mass is 79.9. The highest BCUT2D eigenvalue weighted by Crippen LogP contribution is 2.36. The number of hydrogen-bond acceptors (Lipinski definition) is 1. The summed E-state index contributed by atoms with van der Waals surface area (Å²) in [6.45, 7) is 2.18. The highest BCUT2D eigenvalue weighted by Gasteiger charge is 2.21. The molecule has 1 nitrogen and oxygen atoms in total. The third kappa shape index (κ3) is 1.65. The normalized spacial score (nSPS) is 16.4. The van der Waals surface area contributed by atoms with Crippen LogP contribution in [0, 0.1) is 6.92 Å². The van der Waals surface area contributed by atoms with E-state index in [-0.39, 0.29) is 0 Å². The van der Waals surface area contributed by atoms with E-state index >= 15 is 0 Å². The fraction of sp³-hybridized carbons (Fsp3) is 0.357. The lowest BCUT2D eigenvalue weighted by atomic mass is 9.82. The molecule has 0 N–H and O–H groups in total. The monoisotopic (exact) mass is 275 g/mol. The van der Waals surface area contributed by atoms with Crippen molar-refractivity contribution in [3.8, 4) is 0 Å². The van der Waals surface area contributed by atoms with Crippen LogP contribution in [0.5, 0.6) is 0 Å². The van der Waals surface area contributed by atoms with Gasteiger partial charge in [-0.3, -0.25) is 4.98 Å². The average molecular weight is 276 g/mol. The summed E-state index contributed by atoms with van der Waals surface area (Å²) in [5.74, 6) is 0.715. The first-order valence-electron chi connectivity index (χ1n) is 5.81. The Hall–Kier alpha value is -0.890. The van der Waals surface area contributed by atoms with Crippen LogP contribution in [-0.4, -0.2) is 4.98 Å². The van der Waals surface area contributed by atoms with Crippen molar-refractivity contribution in [2.75, 3.05) is 0 Å². The third-order valence-electron chi connectivity index (χ3n) is 3.52. The zero-order valence-electron chi connectivity index (χ0n) is 9.33. The van der Waals surface area contributed by atoms with Crippen LogP contribution >= 0.6 is 15.9 Å². The fourth-order valence-electron chi connectivity index (χ4n) is 2.31. The van der Waals surface area contributed by atoms with E-state index in [0.717, 1.165) is 9.99 Å². The predicted molar refractivity (Wildman–Crippen MR) is 70.8 cm³/mol. The van der Waals surface area contributed by atoms with Crippen molar-refractivity contribution < 1.29 is 0 Å². The van der Waals surface area contributed by atoms with Gasteiger partial charge in [-0.25, -0.2) is 0 Å². The van der Waals surface area contributed by atoms with Gasteiger partial charge >= 0.3 is 0 Å². The van der Waals surface area contributed by atoms with E-state index in [0.29, 0.717) is 5.92 Å². The SMILES string of the molecule is Cc1cc(C2CCC2)nc2ccc(Br)cc12. The molecule has 0 amide bonds. The second kappa shape index (κ2) is 3.85.